The lowest BCUT2D eigenvalue weighted by Crippen LogP contribution is -2.00. The Hall–Kier alpha value is -1.28. The van der Waals surface area contributed by atoms with Gasteiger partial charge in [0.05, 0.1) is 0 Å². The highest BCUT2D eigenvalue weighted by Crippen LogP contribution is 2.16. The normalized spacial score (nSPS) is 10.3. The van der Waals surface area contributed by atoms with Crippen molar-refractivity contribution in [3.05, 3.63) is 67.1 Å². The summed E-state index contributed by atoms with van der Waals surface area (Å²) >= 11 is 2.19. The van der Waals surface area contributed by atoms with Gasteiger partial charge in [0.25, 0.3) is 0 Å². The van der Waals surface area contributed by atoms with Crippen LogP contribution in [0.3, 0.4) is 0 Å². The van der Waals surface area contributed by atoms with Crippen molar-refractivity contribution < 1.29 is 8.42 Å². The molecule has 0 aliphatic carbocycles. The van der Waals surface area contributed by atoms with Gasteiger partial charge in [-0.1, -0.05) is 24.3 Å². The standard InChI is InChI=1S/C12H9INO3S/c13-11-6-2-1-4-9(11)8-10-5-3-7-14(15)12(10)18(16)17/h1-7H,8H2/q-1. The molecule has 0 aliphatic heterocycles. The maximum atomic E-state index is 11.5. The number of hydrogen-bond donors (Lipinski definition) is 0. The number of benzene rings is 1. The number of aromatic nitrogens is 1. The fraction of sp³-hybridized carbons (Fsp3) is 0.0833. The molecule has 1 aromatic carbocycles. The van der Waals surface area contributed by atoms with Crippen LogP contribution in [0.5, 0.6) is 0 Å². The fourth-order valence-electron chi connectivity index (χ4n) is 1.68. The van der Waals surface area contributed by atoms with Crippen molar-refractivity contribution in [1.82, 2.24) is 4.73 Å². The van der Waals surface area contributed by atoms with Crippen LogP contribution in [0.15, 0.2) is 42.6 Å². The van der Waals surface area contributed by atoms with Gasteiger partial charge in [0, 0.05) is 9.99 Å². The monoisotopic (exact) mass is 374 g/mol. The van der Waals surface area contributed by atoms with Crippen LogP contribution in [0.1, 0.15) is 11.1 Å². The summed E-state index contributed by atoms with van der Waals surface area (Å²) in [6.45, 7) is 0. The van der Waals surface area contributed by atoms with Gasteiger partial charge in [-0.15, -0.1) is 0 Å². The van der Waals surface area contributed by atoms with E-state index in [-0.39, 0.29) is 4.64 Å². The molecule has 0 fully saturated rings. The molecule has 0 aliphatic rings. The zero-order valence-electron chi connectivity index (χ0n) is 9.21. The molecule has 1 aromatic heterocycles. The molecule has 18 heavy (non-hydrogen) atoms. The molecule has 0 amide bonds. The van der Waals surface area contributed by atoms with E-state index in [0.717, 1.165) is 9.13 Å². The molecule has 0 atom stereocenters. The lowest BCUT2D eigenvalue weighted by Gasteiger charge is -2.12. The average molecular weight is 374 g/mol. The molecule has 0 bridgehead atoms. The third-order valence-electron chi connectivity index (χ3n) is 2.49. The second-order valence-corrected chi connectivity index (χ2v) is 5.69. The van der Waals surface area contributed by atoms with Crippen LogP contribution >= 0.6 is 22.6 Å². The van der Waals surface area contributed by atoms with Gasteiger partial charge in [-0.2, -0.15) is 8.42 Å². The molecule has 94 valence electrons. The highest BCUT2D eigenvalue weighted by molar-refractivity contribution is 14.1. The predicted molar refractivity (Wildman–Crippen MR) is 77.3 cm³/mol. The maximum Gasteiger partial charge on any atom is 0.238 e. The molecule has 2 aromatic rings. The molecule has 0 saturated carbocycles. The van der Waals surface area contributed by atoms with E-state index in [1.54, 1.807) is 12.1 Å². The van der Waals surface area contributed by atoms with Gasteiger partial charge >= 0.3 is 0 Å². The van der Waals surface area contributed by atoms with Crippen LogP contribution in [-0.2, 0) is 16.7 Å². The third kappa shape index (κ3) is 2.75. The van der Waals surface area contributed by atoms with Gasteiger partial charge in [-0.25, -0.2) is 0 Å². The molecule has 2 rings (SSSR count). The zero-order valence-corrected chi connectivity index (χ0v) is 12.2. The van der Waals surface area contributed by atoms with E-state index in [2.05, 4.69) is 22.6 Å². The molecule has 0 saturated heterocycles. The van der Waals surface area contributed by atoms with E-state index in [1.165, 1.54) is 6.20 Å². The summed E-state index contributed by atoms with van der Waals surface area (Å²) < 4.78 is 23.4. The number of pyridine rings is 1. The Morgan fingerprint density at radius 1 is 1.11 bits per heavy atom. The smallest absolute Gasteiger partial charge is 0.238 e. The van der Waals surface area contributed by atoms with E-state index in [4.69, 9.17) is 0 Å². The zero-order chi connectivity index (χ0) is 13.1. The van der Waals surface area contributed by atoms with Gasteiger partial charge in [0.2, 0.25) is 10.3 Å². The number of nitrogens with zero attached hydrogens (tertiary/aromatic N) is 1. The highest BCUT2D eigenvalue weighted by atomic mass is 127. The van der Waals surface area contributed by atoms with Gasteiger partial charge in [0.1, 0.15) is 0 Å². The number of halogens is 1. The Morgan fingerprint density at radius 3 is 2.44 bits per heavy atom. The van der Waals surface area contributed by atoms with Crippen LogP contribution in [0.4, 0.5) is 0 Å². The molecular weight excluding hydrogens is 365 g/mol. The van der Waals surface area contributed by atoms with Crippen molar-refractivity contribution in [3.63, 3.8) is 0 Å². The first kappa shape index (κ1) is 13.2. The van der Waals surface area contributed by atoms with Crippen molar-refractivity contribution in [1.29, 1.82) is 0 Å². The molecule has 4 nitrogen and oxygen atoms in total. The van der Waals surface area contributed by atoms with Crippen molar-refractivity contribution in [2.24, 2.45) is 0 Å². The minimum absolute atomic E-state index is 0.211. The summed E-state index contributed by atoms with van der Waals surface area (Å²) in [7, 11) is -2.53. The van der Waals surface area contributed by atoms with Crippen molar-refractivity contribution in [2.75, 3.05) is 0 Å². The Balaban J connectivity index is 2.59. The Bertz CT molecular complexity index is 742. The number of hydrogen-bond acceptors (Lipinski definition) is 3. The van der Waals surface area contributed by atoms with E-state index in [1.807, 2.05) is 24.3 Å². The van der Waals surface area contributed by atoms with E-state index < -0.39 is 10.3 Å². The molecule has 0 spiro atoms. The largest absolute Gasteiger partial charge is 0.805 e. The predicted octanol–water partition coefficient (Wildman–Crippen LogP) is 2.44. The third-order valence-corrected chi connectivity index (χ3v) is 4.30. The lowest BCUT2D eigenvalue weighted by atomic mass is 10.1. The van der Waals surface area contributed by atoms with Crippen molar-refractivity contribution >= 4 is 32.9 Å². The Kier molecular flexibility index (Phi) is 4.07. The highest BCUT2D eigenvalue weighted by Gasteiger charge is 2.04. The van der Waals surface area contributed by atoms with E-state index in [0.29, 0.717) is 16.7 Å². The topological polar surface area (TPSA) is 62.1 Å². The first-order valence-electron chi connectivity index (χ1n) is 5.13. The van der Waals surface area contributed by atoms with Gasteiger partial charge in [-0.05, 0) is 52.0 Å². The second-order valence-electron chi connectivity index (χ2n) is 3.67. The van der Waals surface area contributed by atoms with Crippen LogP contribution in [0, 0.1) is 13.4 Å². The lowest BCUT2D eigenvalue weighted by molar-refractivity contribution is 0.623. The summed E-state index contributed by atoms with van der Waals surface area (Å²) in [6, 6.07) is 10.9. The first-order valence-corrected chi connectivity index (χ1v) is 7.28. The quantitative estimate of drug-likeness (QED) is 0.599. The second kappa shape index (κ2) is 5.57. The van der Waals surface area contributed by atoms with Crippen molar-refractivity contribution in [3.8, 4) is 0 Å². The molecule has 0 radical (unpaired) electrons. The van der Waals surface area contributed by atoms with Crippen LogP contribution < -0.4 is 0 Å². The number of rotatable bonds is 2. The van der Waals surface area contributed by atoms with Crippen LogP contribution in [0.2, 0.25) is 0 Å². The molecular formula is C12H9INO3S-. The molecule has 6 heteroatoms. The summed E-state index contributed by atoms with van der Waals surface area (Å²) in [5.41, 5.74) is 1.50. The maximum absolute atomic E-state index is 11.5. The van der Waals surface area contributed by atoms with Crippen LogP contribution in [-0.4, -0.2) is 13.1 Å². The minimum Gasteiger partial charge on any atom is -0.805 e. The van der Waals surface area contributed by atoms with E-state index in [9.17, 15) is 13.6 Å². The summed E-state index contributed by atoms with van der Waals surface area (Å²) in [6.07, 6.45) is 1.61. The Labute approximate surface area is 119 Å². The van der Waals surface area contributed by atoms with Crippen molar-refractivity contribution in [2.45, 2.75) is 6.42 Å². The SMILES string of the molecule is O=S(=O)=c1c(Cc2ccccc2I)cccn1[O-]. The fourth-order valence-corrected chi connectivity index (χ4v) is 2.82. The molecule has 0 unspecified atom stereocenters. The van der Waals surface area contributed by atoms with Gasteiger partial charge in [-0.3, -0.25) is 0 Å². The van der Waals surface area contributed by atoms with Gasteiger partial charge < -0.3 is 9.94 Å². The molecule has 0 N–H and O–H groups in total. The van der Waals surface area contributed by atoms with E-state index >= 15 is 0 Å². The molecule has 1 heterocycles. The minimum atomic E-state index is -2.53. The summed E-state index contributed by atoms with van der Waals surface area (Å²) in [5, 5.41) is 11.5. The summed E-state index contributed by atoms with van der Waals surface area (Å²) in [4.78, 5) is 0. The summed E-state index contributed by atoms with van der Waals surface area (Å²) in [5.74, 6) is 0. The van der Waals surface area contributed by atoms with Gasteiger partial charge in [0.15, 0.2) is 4.64 Å². The first-order chi connectivity index (χ1) is 8.59. The van der Waals surface area contributed by atoms with Crippen LogP contribution in [0.25, 0.3) is 0 Å². The Morgan fingerprint density at radius 2 is 1.78 bits per heavy atom. The average Bonchev–Trinajstić information content (AvgIpc) is 2.31.